The van der Waals surface area contributed by atoms with Gasteiger partial charge in [-0.3, -0.25) is 0 Å². The van der Waals surface area contributed by atoms with Crippen molar-refractivity contribution >= 4 is 17.1 Å². The van der Waals surface area contributed by atoms with Crippen molar-refractivity contribution in [3.63, 3.8) is 0 Å². The predicted octanol–water partition coefficient (Wildman–Crippen LogP) is 3.48. The Balaban J connectivity index is 2.49. The van der Waals surface area contributed by atoms with Crippen LogP contribution in [0.1, 0.15) is 12.8 Å². The van der Waals surface area contributed by atoms with E-state index in [1.807, 2.05) is 66.8 Å². The first-order chi connectivity index (χ1) is 14.1. The maximum Gasteiger partial charge on any atom is 0.346 e. The minimum atomic E-state index is -1.24. The highest BCUT2D eigenvalue weighted by molar-refractivity contribution is 5.93. The van der Waals surface area contributed by atoms with E-state index >= 15 is 0 Å². The number of hydrogen-bond acceptors (Lipinski definition) is 2. The summed E-state index contributed by atoms with van der Waals surface area (Å²) in [6.07, 6.45) is 16.2. The van der Waals surface area contributed by atoms with Crippen molar-refractivity contribution in [3.05, 3.63) is 107 Å². The molecule has 0 amide bonds. The molecule has 0 saturated carbocycles. The Labute approximate surface area is 170 Å². The number of allylic oxidation sites excluding steroid dienone is 10. The van der Waals surface area contributed by atoms with Crippen LogP contribution in [0.4, 0.5) is 0 Å². The van der Waals surface area contributed by atoms with E-state index < -0.39 is 5.97 Å². The zero-order chi connectivity index (χ0) is 20.6. The molecule has 3 nitrogen and oxygen atoms in total. The third-order valence-electron chi connectivity index (χ3n) is 4.55. The summed E-state index contributed by atoms with van der Waals surface area (Å²) in [5, 5.41) is 20.3. The maximum absolute atomic E-state index is 11.4. The normalized spacial score (nSPS) is 22.1. The van der Waals surface area contributed by atoms with Gasteiger partial charge in [-0.15, -0.1) is 0 Å². The third-order valence-corrected chi connectivity index (χ3v) is 4.55. The van der Waals surface area contributed by atoms with Gasteiger partial charge in [0.15, 0.2) is 0 Å². The smallest absolute Gasteiger partial charge is 0.346 e. The standard InChI is InChI=1S/C26H19NO2/c1-19-11-5-4-8-14-21(17-22(18-27)26(28)29)23-15-9-10-16-24(23)25(19)20-12-6-2-3-7-13-20/h4-6,8-13,15-17H,1-2,14H2,(H,28,29)/b8-4-,11-5-,22-17+,23-21+,25-24+. The first-order valence-electron chi connectivity index (χ1n) is 9.17. The van der Waals surface area contributed by atoms with Crippen LogP contribution in [0.25, 0.3) is 11.1 Å². The quantitative estimate of drug-likeness (QED) is 0.498. The Morgan fingerprint density at radius 2 is 1.97 bits per heavy atom. The SMILES string of the molecule is C=C1/C=C\C=C/CC(/C=C(\C#N)C(=O)O)=c2/cccc/c2=C/1C1=CC#CCC=C1. The van der Waals surface area contributed by atoms with E-state index in [2.05, 4.69) is 18.4 Å². The van der Waals surface area contributed by atoms with Crippen molar-refractivity contribution in [2.24, 2.45) is 0 Å². The van der Waals surface area contributed by atoms with Crippen LogP contribution in [-0.2, 0) is 4.79 Å². The van der Waals surface area contributed by atoms with Gasteiger partial charge >= 0.3 is 5.97 Å². The Hall–Kier alpha value is -4.08. The molecular weight excluding hydrogens is 358 g/mol. The zero-order valence-electron chi connectivity index (χ0n) is 15.9. The molecule has 0 aliphatic heterocycles. The van der Waals surface area contributed by atoms with Gasteiger partial charge in [0.1, 0.15) is 11.6 Å². The van der Waals surface area contributed by atoms with Crippen molar-refractivity contribution in [2.75, 3.05) is 0 Å². The molecule has 0 fully saturated rings. The van der Waals surface area contributed by atoms with Gasteiger partial charge in [0, 0.05) is 6.42 Å². The lowest BCUT2D eigenvalue weighted by Gasteiger charge is -2.12. The lowest BCUT2D eigenvalue weighted by Crippen LogP contribution is -2.30. The van der Waals surface area contributed by atoms with Gasteiger partial charge in [-0.2, -0.15) is 5.26 Å². The van der Waals surface area contributed by atoms with E-state index in [4.69, 9.17) is 0 Å². The van der Waals surface area contributed by atoms with Crippen LogP contribution in [0.15, 0.2) is 96.2 Å². The number of hydrogen-bond donors (Lipinski definition) is 1. The highest BCUT2D eigenvalue weighted by Gasteiger charge is 2.11. The van der Waals surface area contributed by atoms with Gasteiger partial charge in [-0.25, -0.2) is 4.79 Å². The minimum Gasteiger partial charge on any atom is -0.477 e. The van der Waals surface area contributed by atoms with Crippen LogP contribution in [0.2, 0.25) is 0 Å². The summed E-state index contributed by atoms with van der Waals surface area (Å²) < 4.78 is 0. The molecule has 0 radical (unpaired) electrons. The average Bonchev–Trinajstić information content (AvgIpc) is 2.99. The van der Waals surface area contributed by atoms with Crippen LogP contribution < -0.4 is 10.4 Å². The number of carbonyl (C=O) groups is 1. The molecule has 0 saturated heterocycles. The molecule has 0 heterocycles. The molecule has 0 atom stereocenters. The predicted molar refractivity (Wildman–Crippen MR) is 115 cm³/mol. The molecule has 3 heteroatoms. The third kappa shape index (κ3) is 4.61. The summed E-state index contributed by atoms with van der Waals surface area (Å²) in [5.74, 6) is 4.88. The minimum absolute atomic E-state index is 0.296. The zero-order valence-corrected chi connectivity index (χ0v) is 15.9. The topological polar surface area (TPSA) is 61.1 Å². The molecule has 29 heavy (non-hydrogen) atoms. The van der Waals surface area contributed by atoms with E-state index in [1.54, 1.807) is 6.07 Å². The van der Waals surface area contributed by atoms with E-state index in [0.29, 0.717) is 12.8 Å². The van der Waals surface area contributed by atoms with Crippen molar-refractivity contribution < 1.29 is 9.90 Å². The van der Waals surface area contributed by atoms with E-state index in [9.17, 15) is 15.2 Å². The van der Waals surface area contributed by atoms with Crippen molar-refractivity contribution in [3.8, 4) is 17.9 Å². The number of aliphatic carboxylic acids is 1. The fourth-order valence-electron chi connectivity index (χ4n) is 3.22. The van der Waals surface area contributed by atoms with Crippen LogP contribution in [0.5, 0.6) is 0 Å². The number of nitrogens with zero attached hydrogens (tertiary/aromatic N) is 1. The Kier molecular flexibility index (Phi) is 6.25. The summed E-state index contributed by atoms with van der Waals surface area (Å²) in [6, 6.07) is 9.55. The second-order valence-electron chi connectivity index (χ2n) is 6.46. The molecule has 0 aromatic heterocycles. The molecule has 2 aliphatic rings. The number of carboxylic acid groups (broad SMARTS) is 1. The molecular formula is C26H19NO2. The first-order valence-corrected chi connectivity index (χ1v) is 9.17. The fourth-order valence-corrected chi connectivity index (χ4v) is 3.22. The largest absolute Gasteiger partial charge is 0.477 e. The summed E-state index contributed by atoms with van der Waals surface area (Å²) in [7, 11) is 0. The summed E-state index contributed by atoms with van der Waals surface area (Å²) in [4.78, 5) is 11.4. The monoisotopic (exact) mass is 377 g/mol. The van der Waals surface area contributed by atoms with Gasteiger partial charge < -0.3 is 5.11 Å². The summed E-state index contributed by atoms with van der Waals surface area (Å²) >= 11 is 0. The average molecular weight is 377 g/mol. The number of carboxylic acids is 1. The van der Waals surface area contributed by atoms with Gasteiger partial charge in [0.25, 0.3) is 0 Å². The van der Waals surface area contributed by atoms with Gasteiger partial charge in [-0.1, -0.05) is 79.1 Å². The number of rotatable bonds is 3. The molecule has 1 aromatic carbocycles. The van der Waals surface area contributed by atoms with Gasteiger partial charge in [-0.05, 0) is 51.3 Å². The van der Waals surface area contributed by atoms with Crippen molar-refractivity contribution in [2.45, 2.75) is 12.8 Å². The molecule has 1 aromatic rings. The summed E-state index contributed by atoms with van der Waals surface area (Å²) in [5.41, 5.74) is 3.16. The molecule has 0 bridgehead atoms. The lowest BCUT2D eigenvalue weighted by atomic mass is 9.92. The molecule has 1 N–H and O–H groups in total. The Morgan fingerprint density at radius 3 is 2.72 bits per heavy atom. The van der Waals surface area contributed by atoms with E-state index in [0.717, 1.165) is 32.7 Å². The highest BCUT2D eigenvalue weighted by Crippen LogP contribution is 2.22. The van der Waals surface area contributed by atoms with Gasteiger partial charge in [0.2, 0.25) is 0 Å². The molecule has 0 unspecified atom stereocenters. The Bertz CT molecular complexity index is 1250. The van der Waals surface area contributed by atoms with E-state index in [-0.39, 0.29) is 5.57 Å². The molecule has 2 aliphatic carbocycles. The number of fused-ring (bicyclic) bond motifs is 1. The van der Waals surface area contributed by atoms with E-state index in [1.165, 1.54) is 6.08 Å². The van der Waals surface area contributed by atoms with Crippen LogP contribution in [0, 0.1) is 23.2 Å². The lowest BCUT2D eigenvalue weighted by molar-refractivity contribution is -0.132. The maximum atomic E-state index is 11.4. The Morgan fingerprint density at radius 1 is 1.17 bits per heavy atom. The van der Waals surface area contributed by atoms with Crippen LogP contribution in [0.3, 0.4) is 0 Å². The molecule has 140 valence electrons. The number of benzene rings is 1. The van der Waals surface area contributed by atoms with Crippen LogP contribution >= 0.6 is 0 Å². The highest BCUT2D eigenvalue weighted by atomic mass is 16.4. The molecule has 0 spiro atoms. The summed E-state index contributed by atoms with van der Waals surface area (Å²) in [6.45, 7) is 4.25. The second kappa shape index (κ2) is 9.22. The molecule has 3 rings (SSSR count). The van der Waals surface area contributed by atoms with Crippen molar-refractivity contribution in [1.29, 1.82) is 5.26 Å². The fraction of sp³-hybridized carbons (Fsp3) is 0.0769. The van der Waals surface area contributed by atoms with Crippen LogP contribution in [-0.4, -0.2) is 11.1 Å². The first kappa shape index (κ1) is 19.7. The number of nitriles is 1. The van der Waals surface area contributed by atoms with Gasteiger partial charge in [0.05, 0.1) is 0 Å². The second-order valence-corrected chi connectivity index (χ2v) is 6.46. The van der Waals surface area contributed by atoms with Crippen molar-refractivity contribution in [1.82, 2.24) is 0 Å².